The molecule has 17 heavy (non-hydrogen) atoms. The number of urea groups is 1. The van der Waals surface area contributed by atoms with E-state index in [0.717, 1.165) is 32.6 Å². The van der Waals surface area contributed by atoms with Crippen LogP contribution in [-0.2, 0) is 0 Å². The minimum atomic E-state index is 0.205. The molecule has 2 fully saturated rings. The van der Waals surface area contributed by atoms with Crippen LogP contribution in [-0.4, -0.2) is 48.1 Å². The summed E-state index contributed by atoms with van der Waals surface area (Å²) in [6.45, 7) is 7.47. The number of carbonyl (C=O) groups is 1. The summed E-state index contributed by atoms with van der Waals surface area (Å²) in [5, 5.41) is 0. The molecule has 4 nitrogen and oxygen atoms in total. The van der Waals surface area contributed by atoms with Crippen LogP contribution in [0.1, 0.15) is 33.1 Å². The topological polar surface area (TPSA) is 49.6 Å². The van der Waals surface area contributed by atoms with Gasteiger partial charge in [0.05, 0.1) is 0 Å². The van der Waals surface area contributed by atoms with Crippen LogP contribution in [0, 0.1) is 11.8 Å². The first-order chi connectivity index (χ1) is 8.17. The van der Waals surface area contributed by atoms with Crippen molar-refractivity contribution < 1.29 is 4.79 Å². The first-order valence-corrected chi connectivity index (χ1v) is 6.96. The van der Waals surface area contributed by atoms with Crippen LogP contribution in [0.2, 0.25) is 0 Å². The molecular weight excluding hydrogens is 214 g/mol. The number of fused-ring (bicyclic) bond motifs is 1. The standard InChI is InChI=1S/C13H25N3O/c1-3-15(4-2)13(17)16-8-10-6-5-7-12(14)11(10)9-16/h10-12H,3-9,14H2,1-2H3. The number of rotatable bonds is 2. The molecular formula is C13H25N3O. The molecule has 1 aliphatic carbocycles. The maximum atomic E-state index is 12.3. The van der Waals surface area contributed by atoms with Gasteiger partial charge in [-0.05, 0) is 38.5 Å². The molecule has 0 aromatic rings. The lowest BCUT2D eigenvalue weighted by Crippen LogP contribution is -2.43. The second-order valence-electron chi connectivity index (χ2n) is 5.38. The lowest BCUT2D eigenvalue weighted by atomic mass is 9.78. The molecule has 0 spiro atoms. The van der Waals surface area contributed by atoms with Crippen molar-refractivity contribution in [1.82, 2.24) is 9.80 Å². The van der Waals surface area contributed by atoms with Gasteiger partial charge in [-0.15, -0.1) is 0 Å². The Labute approximate surface area is 104 Å². The van der Waals surface area contributed by atoms with Crippen LogP contribution in [0.5, 0.6) is 0 Å². The van der Waals surface area contributed by atoms with Crippen molar-refractivity contribution >= 4 is 6.03 Å². The van der Waals surface area contributed by atoms with E-state index in [1.54, 1.807) is 0 Å². The van der Waals surface area contributed by atoms with Crippen molar-refractivity contribution in [2.45, 2.75) is 39.2 Å². The molecule has 0 bridgehead atoms. The molecule has 98 valence electrons. The van der Waals surface area contributed by atoms with Gasteiger partial charge >= 0.3 is 6.03 Å². The van der Waals surface area contributed by atoms with E-state index in [0.29, 0.717) is 17.9 Å². The molecule has 1 heterocycles. The zero-order chi connectivity index (χ0) is 12.4. The second-order valence-corrected chi connectivity index (χ2v) is 5.38. The summed E-state index contributed by atoms with van der Waals surface area (Å²) in [4.78, 5) is 16.2. The third-order valence-corrected chi connectivity index (χ3v) is 4.46. The average Bonchev–Trinajstić information content (AvgIpc) is 2.76. The average molecular weight is 239 g/mol. The quantitative estimate of drug-likeness (QED) is 0.794. The fraction of sp³-hybridized carbons (Fsp3) is 0.923. The SMILES string of the molecule is CCN(CC)C(=O)N1CC2CCCC(N)C2C1. The number of hydrogen-bond donors (Lipinski definition) is 1. The van der Waals surface area contributed by atoms with Gasteiger partial charge in [-0.3, -0.25) is 0 Å². The Morgan fingerprint density at radius 1 is 1.29 bits per heavy atom. The molecule has 1 aliphatic heterocycles. The molecule has 4 heteroatoms. The monoisotopic (exact) mass is 239 g/mol. The second kappa shape index (κ2) is 5.25. The number of carbonyl (C=O) groups excluding carboxylic acids is 1. The van der Waals surface area contributed by atoms with Gasteiger partial charge in [0.15, 0.2) is 0 Å². The number of nitrogens with two attached hydrogens (primary N) is 1. The van der Waals surface area contributed by atoms with Crippen molar-refractivity contribution in [3.63, 3.8) is 0 Å². The summed E-state index contributed by atoms with van der Waals surface area (Å²) in [7, 11) is 0. The van der Waals surface area contributed by atoms with E-state index in [9.17, 15) is 4.79 Å². The van der Waals surface area contributed by atoms with E-state index >= 15 is 0 Å². The van der Waals surface area contributed by atoms with Crippen molar-refractivity contribution in [2.75, 3.05) is 26.2 Å². The van der Waals surface area contributed by atoms with Gasteiger partial charge in [-0.2, -0.15) is 0 Å². The molecule has 1 saturated carbocycles. The molecule has 0 aromatic carbocycles. The fourth-order valence-corrected chi connectivity index (χ4v) is 3.37. The Morgan fingerprint density at radius 2 is 2.00 bits per heavy atom. The van der Waals surface area contributed by atoms with Crippen molar-refractivity contribution in [2.24, 2.45) is 17.6 Å². The van der Waals surface area contributed by atoms with Crippen LogP contribution >= 0.6 is 0 Å². The van der Waals surface area contributed by atoms with Crippen LogP contribution in [0.25, 0.3) is 0 Å². The Hall–Kier alpha value is -0.770. The minimum Gasteiger partial charge on any atom is -0.327 e. The van der Waals surface area contributed by atoms with Gasteiger partial charge in [0.1, 0.15) is 0 Å². The summed E-state index contributed by atoms with van der Waals surface area (Å²) in [6.07, 6.45) is 3.62. The maximum Gasteiger partial charge on any atom is 0.319 e. The zero-order valence-electron chi connectivity index (χ0n) is 11.1. The molecule has 3 atom stereocenters. The number of hydrogen-bond acceptors (Lipinski definition) is 2. The normalized spacial score (nSPS) is 32.4. The van der Waals surface area contributed by atoms with Crippen molar-refractivity contribution in [1.29, 1.82) is 0 Å². The Bertz CT molecular complexity index is 278. The Kier molecular flexibility index (Phi) is 3.92. The van der Waals surface area contributed by atoms with Gasteiger partial charge < -0.3 is 15.5 Å². The van der Waals surface area contributed by atoms with Gasteiger partial charge in [-0.25, -0.2) is 4.79 Å². The largest absolute Gasteiger partial charge is 0.327 e. The molecule has 2 N–H and O–H groups in total. The first kappa shape index (κ1) is 12.7. The molecule has 2 amide bonds. The summed E-state index contributed by atoms with van der Waals surface area (Å²) in [6, 6.07) is 0.514. The van der Waals surface area contributed by atoms with Crippen molar-refractivity contribution in [3.05, 3.63) is 0 Å². The van der Waals surface area contributed by atoms with Crippen LogP contribution in [0.15, 0.2) is 0 Å². The fourth-order valence-electron chi connectivity index (χ4n) is 3.37. The maximum absolute atomic E-state index is 12.3. The summed E-state index contributed by atoms with van der Waals surface area (Å²) in [5.74, 6) is 1.20. The van der Waals surface area contributed by atoms with Crippen LogP contribution in [0.3, 0.4) is 0 Å². The van der Waals surface area contributed by atoms with E-state index in [2.05, 4.69) is 0 Å². The molecule has 3 unspecified atom stereocenters. The summed E-state index contributed by atoms with van der Waals surface area (Å²) >= 11 is 0. The summed E-state index contributed by atoms with van der Waals surface area (Å²) < 4.78 is 0. The highest BCUT2D eigenvalue weighted by Crippen LogP contribution is 2.35. The smallest absolute Gasteiger partial charge is 0.319 e. The highest BCUT2D eigenvalue weighted by Gasteiger charge is 2.40. The molecule has 1 saturated heterocycles. The van der Waals surface area contributed by atoms with E-state index < -0.39 is 0 Å². The summed E-state index contributed by atoms with van der Waals surface area (Å²) in [5.41, 5.74) is 6.17. The van der Waals surface area contributed by atoms with Crippen LogP contribution in [0.4, 0.5) is 4.79 Å². The zero-order valence-corrected chi connectivity index (χ0v) is 11.1. The first-order valence-electron chi connectivity index (χ1n) is 6.96. The molecule has 2 rings (SSSR count). The number of amides is 2. The highest BCUT2D eigenvalue weighted by molar-refractivity contribution is 5.74. The Morgan fingerprint density at radius 3 is 2.59 bits per heavy atom. The highest BCUT2D eigenvalue weighted by atomic mass is 16.2. The van der Waals surface area contributed by atoms with Gasteiger partial charge in [0.2, 0.25) is 0 Å². The lowest BCUT2D eigenvalue weighted by Gasteiger charge is -2.29. The molecule has 2 aliphatic rings. The number of nitrogens with zero attached hydrogens (tertiary/aromatic N) is 2. The Balaban J connectivity index is 1.98. The predicted octanol–water partition coefficient (Wildman–Crippen LogP) is 1.51. The van der Waals surface area contributed by atoms with Gasteiger partial charge in [-0.1, -0.05) is 6.42 Å². The van der Waals surface area contributed by atoms with E-state index in [4.69, 9.17) is 5.73 Å². The lowest BCUT2D eigenvalue weighted by molar-refractivity contribution is 0.165. The minimum absolute atomic E-state index is 0.205. The van der Waals surface area contributed by atoms with Gasteiger partial charge in [0, 0.05) is 32.2 Å². The molecule has 0 aromatic heterocycles. The predicted molar refractivity (Wildman–Crippen MR) is 68.7 cm³/mol. The van der Waals surface area contributed by atoms with E-state index in [-0.39, 0.29) is 6.03 Å². The van der Waals surface area contributed by atoms with E-state index in [1.807, 2.05) is 23.6 Å². The molecule has 0 radical (unpaired) electrons. The van der Waals surface area contributed by atoms with E-state index in [1.165, 1.54) is 12.8 Å². The van der Waals surface area contributed by atoms with Gasteiger partial charge in [0.25, 0.3) is 0 Å². The van der Waals surface area contributed by atoms with Crippen LogP contribution < -0.4 is 5.73 Å². The number of likely N-dealkylation sites (tertiary alicyclic amines) is 1. The third kappa shape index (κ3) is 2.41. The van der Waals surface area contributed by atoms with Crippen molar-refractivity contribution in [3.8, 4) is 0 Å². The third-order valence-electron chi connectivity index (χ3n) is 4.46.